The Morgan fingerprint density at radius 2 is 1.94 bits per heavy atom. The standard InChI is InChI=1S/C12H18N4O/c1-10-11(4-7-15-10)12(17)16(8-2-5-13)9-3-6-14/h10-11,15H,2-4,7-9H2,1H3. The number of nitrogens with one attached hydrogen (secondary N) is 1. The second-order valence-corrected chi connectivity index (χ2v) is 4.28. The number of hydrogen-bond acceptors (Lipinski definition) is 4. The van der Waals surface area contributed by atoms with Gasteiger partial charge in [-0.1, -0.05) is 0 Å². The highest BCUT2D eigenvalue weighted by Gasteiger charge is 2.32. The molecule has 1 N–H and O–H groups in total. The summed E-state index contributed by atoms with van der Waals surface area (Å²) in [7, 11) is 0. The molecule has 1 heterocycles. The number of carbonyl (C=O) groups excluding carboxylic acids is 1. The first-order valence-corrected chi connectivity index (χ1v) is 5.96. The van der Waals surface area contributed by atoms with Crippen molar-refractivity contribution in [3.63, 3.8) is 0 Å². The van der Waals surface area contributed by atoms with Crippen molar-refractivity contribution in [2.75, 3.05) is 19.6 Å². The van der Waals surface area contributed by atoms with E-state index in [2.05, 4.69) is 5.32 Å². The molecule has 0 spiro atoms. The largest absolute Gasteiger partial charge is 0.340 e. The molecule has 1 fully saturated rings. The lowest BCUT2D eigenvalue weighted by Crippen LogP contribution is -2.41. The van der Waals surface area contributed by atoms with E-state index in [1.807, 2.05) is 19.1 Å². The Labute approximate surface area is 102 Å². The van der Waals surface area contributed by atoms with Crippen LogP contribution in [0.1, 0.15) is 26.2 Å². The molecular weight excluding hydrogens is 216 g/mol. The minimum absolute atomic E-state index is 0.00705. The first-order valence-electron chi connectivity index (χ1n) is 5.96. The van der Waals surface area contributed by atoms with E-state index < -0.39 is 0 Å². The molecule has 0 aromatic rings. The fourth-order valence-electron chi connectivity index (χ4n) is 2.13. The molecule has 1 aliphatic heterocycles. The van der Waals surface area contributed by atoms with Crippen molar-refractivity contribution in [2.24, 2.45) is 5.92 Å². The van der Waals surface area contributed by atoms with E-state index in [4.69, 9.17) is 10.5 Å². The Balaban J connectivity index is 2.58. The van der Waals surface area contributed by atoms with E-state index in [-0.39, 0.29) is 17.9 Å². The zero-order valence-electron chi connectivity index (χ0n) is 10.1. The van der Waals surface area contributed by atoms with E-state index in [9.17, 15) is 4.79 Å². The van der Waals surface area contributed by atoms with Crippen molar-refractivity contribution in [2.45, 2.75) is 32.2 Å². The van der Waals surface area contributed by atoms with E-state index in [0.29, 0.717) is 25.9 Å². The van der Waals surface area contributed by atoms with Crippen molar-refractivity contribution in [1.29, 1.82) is 10.5 Å². The molecule has 0 radical (unpaired) electrons. The van der Waals surface area contributed by atoms with Gasteiger partial charge in [-0.05, 0) is 19.9 Å². The van der Waals surface area contributed by atoms with Gasteiger partial charge in [0.2, 0.25) is 5.91 Å². The molecule has 5 nitrogen and oxygen atoms in total. The summed E-state index contributed by atoms with van der Waals surface area (Å²) in [6, 6.07) is 4.27. The molecule has 0 aromatic heterocycles. The predicted molar refractivity (Wildman–Crippen MR) is 62.6 cm³/mol. The molecule has 5 heteroatoms. The minimum atomic E-state index is -0.00705. The smallest absolute Gasteiger partial charge is 0.227 e. The Morgan fingerprint density at radius 3 is 2.35 bits per heavy atom. The van der Waals surface area contributed by atoms with Crippen LogP contribution in [-0.2, 0) is 4.79 Å². The van der Waals surface area contributed by atoms with Gasteiger partial charge in [-0.15, -0.1) is 0 Å². The van der Waals surface area contributed by atoms with Gasteiger partial charge < -0.3 is 10.2 Å². The molecule has 1 aliphatic rings. The van der Waals surface area contributed by atoms with Gasteiger partial charge in [-0.25, -0.2) is 0 Å². The van der Waals surface area contributed by atoms with Crippen molar-refractivity contribution < 1.29 is 4.79 Å². The van der Waals surface area contributed by atoms with Gasteiger partial charge in [-0.3, -0.25) is 4.79 Å². The number of nitriles is 2. The van der Waals surface area contributed by atoms with Crippen LogP contribution < -0.4 is 5.32 Å². The maximum absolute atomic E-state index is 12.2. The normalized spacial score (nSPS) is 22.8. The quantitative estimate of drug-likeness (QED) is 0.757. The molecule has 0 aromatic carbocycles. The van der Waals surface area contributed by atoms with E-state index >= 15 is 0 Å². The lowest BCUT2D eigenvalue weighted by Gasteiger charge is -2.25. The first kappa shape index (κ1) is 13.5. The molecule has 92 valence electrons. The van der Waals surface area contributed by atoms with Crippen LogP contribution in [0.3, 0.4) is 0 Å². The summed E-state index contributed by atoms with van der Waals surface area (Å²) < 4.78 is 0. The molecule has 0 saturated carbocycles. The van der Waals surface area contributed by atoms with Gasteiger partial charge in [0.25, 0.3) is 0 Å². The number of amides is 1. The maximum Gasteiger partial charge on any atom is 0.227 e. The SMILES string of the molecule is CC1NCCC1C(=O)N(CCC#N)CCC#N. The van der Waals surface area contributed by atoms with Crippen molar-refractivity contribution >= 4 is 5.91 Å². The van der Waals surface area contributed by atoms with Gasteiger partial charge in [-0.2, -0.15) is 10.5 Å². The summed E-state index contributed by atoms with van der Waals surface area (Å²) in [6.45, 7) is 3.73. The number of carbonyl (C=O) groups is 1. The summed E-state index contributed by atoms with van der Waals surface area (Å²) >= 11 is 0. The zero-order valence-corrected chi connectivity index (χ0v) is 10.1. The first-order chi connectivity index (χ1) is 8.20. The van der Waals surface area contributed by atoms with Crippen molar-refractivity contribution in [3.05, 3.63) is 0 Å². The van der Waals surface area contributed by atoms with Crippen LogP contribution in [0.2, 0.25) is 0 Å². The Hall–Kier alpha value is -1.59. The van der Waals surface area contributed by atoms with Gasteiger partial charge >= 0.3 is 0 Å². The average molecular weight is 234 g/mol. The van der Waals surface area contributed by atoms with Crippen molar-refractivity contribution in [1.82, 2.24) is 10.2 Å². The van der Waals surface area contributed by atoms with Crippen LogP contribution in [-0.4, -0.2) is 36.5 Å². The summed E-state index contributed by atoms with van der Waals surface area (Å²) in [4.78, 5) is 13.9. The van der Waals surface area contributed by atoms with Gasteiger partial charge in [0.1, 0.15) is 0 Å². The lowest BCUT2D eigenvalue weighted by molar-refractivity contribution is -0.135. The van der Waals surface area contributed by atoms with E-state index in [1.165, 1.54) is 0 Å². The molecule has 1 rings (SSSR count). The van der Waals surface area contributed by atoms with Crippen LogP contribution in [0.4, 0.5) is 0 Å². The molecule has 2 atom stereocenters. The Morgan fingerprint density at radius 1 is 1.35 bits per heavy atom. The fraction of sp³-hybridized carbons (Fsp3) is 0.750. The summed E-state index contributed by atoms with van der Waals surface area (Å²) in [5.74, 6) is 0.0698. The summed E-state index contributed by atoms with van der Waals surface area (Å²) in [6.07, 6.45) is 1.49. The van der Waals surface area contributed by atoms with E-state index in [0.717, 1.165) is 13.0 Å². The average Bonchev–Trinajstić information content (AvgIpc) is 2.75. The number of hydrogen-bond donors (Lipinski definition) is 1. The van der Waals surface area contributed by atoms with Gasteiger partial charge in [0.05, 0.1) is 30.9 Å². The van der Waals surface area contributed by atoms with Gasteiger partial charge in [0, 0.05) is 19.1 Å². The second kappa shape index (κ2) is 6.88. The van der Waals surface area contributed by atoms with E-state index in [1.54, 1.807) is 4.90 Å². The van der Waals surface area contributed by atoms with Crippen LogP contribution in [0.25, 0.3) is 0 Å². The third-order valence-electron chi connectivity index (χ3n) is 3.14. The topological polar surface area (TPSA) is 79.9 Å². The second-order valence-electron chi connectivity index (χ2n) is 4.28. The number of rotatable bonds is 5. The summed E-state index contributed by atoms with van der Waals surface area (Å²) in [5, 5.41) is 20.4. The molecule has 17 heavy (non-hydrogen) atoms. The summed E-state index contributed by atoms with van der Waals surface area (Å²) in [5.41, 5.74) is 0. The van der Waals surface area contributed by atoms with Crippen LogP contribution in [0, 0.1) is 28.6 Å². The number of nitrogens with zero attached hydrogens (tertiary/aromatic N) is 3. The molecule has 2 unspecified atom stereocenters. The Bertz CT molecular complexity index is 323. The van der Waals surface area contributed by atoms with Gasteiger partial charge in [0.15, 0.2) is 0 Å². The third kappa shape index (κ3) is 3.72. The van der Waals surface area contributed by atoms with Crippen LogP contribution in [0.15, 0.2) is 0 Å². The third-order valence-corrected chi connectivity index (χ3v) is 3.14. The molecule has 1 saturated heterocycles. The molecular formula is C12H18N4O. The predicted octanol–water partition coefficient (Wildman–Crippen LogP) is 0.640. The molecule has 0 bridgehead atoms. The minimum Gasteiger partial charge on any atom is -0.340 e. The zero-order chi connectivity index (χ0) is 12.7. The highest BCUT2D eigenvalue weighted by Crippen LogP contribution is 2.18. The molecule has 0 aliphatic carbocycles. The Kier molecular flexibility index (Phi) is 5.45. The van der Waals surface area contributed by atoms with Crippen LogP contribution >= 0.6 is 0 Å². The molecule has 1 amide bonds. The lowest BCUT2D eigenvalue weighted by atomic mass is 10.00. The fourth-order valence-corrected chi connectivity index (χ4v) is 2.13. The van der Waals surface area contributed by atoms with Crippen LogP contribution in [0.5, 0.6) is 0 Å². The highest BCUT2D eigenvalue weighted by molar-refractivity contribution is 5.80. The maximum atomic E-state index is 12.2. The highest BCUT2D eigenvalue weighted by atomic mass is 16.2. The monoisotopic (exact) mass is 234 g/mol. The van der Waals surface area contributed by atoms with Crippen molar-refractivity contribution in [3.8, 4) is 12.1 Å².